The average Bonchev–Trinajstić information content (AvgIpc) is 3.08. The molecule has 0 aromatic heterocycles. The summed E-state index contributed by atoms with van der Waals surface area (Å²) in [5.41, 5.74) is 0.604. The predicted molar refractivity (Wildman–Crippen MR) is 96.6 cm³/mol. The number of nitrogens with one attached hydrogen (secondary N) is 1. The van der Waals surface area contributed by atoms with Gasteiger partial charge >= 0.3 is 6.09 Å². The molecule has 0 spiro atoms. The zero-order valence-corrected chi connectivity index (χ0v) is 15.3. The maximum absolute atomic E-state index is 13.0. The lowest BCUT2D eigenvalue weighted by molar-refractivity contribution is -0.126. The number of rotatable bonds is 4. The van der Waals surface area contributed by atoms with Gasteiger partial charge in [-0.1, -0.05) is 0 Å². The van der Waals surface area contributed by atoms with Crippen LogP contribution in [0.15, 0.2) is 24.3 Å². The number of benzene rings is 1. The molecule has 1 aromatic rings. The molecule has 1 N–H and O–H groups in total. The van der Waals surface area contributed by atoms with E-state index in [1.807, 2.05) is 0 Å². The molecular formula is C19H24FN3O4. The van der Waals surface area contributed by atoms with Gasteiger partial charge in [-0.25, -0.2) is 9.18 Å². The molecule has 1 unspecified atom stereocenters. The van der Waals surface area contributed by atoms with Crippen molar-refractivity contribution in [1.29, 1.82) is 0 Å². The Morgan fingerprint density at radius 3 is 2.52 bits per heavy atom. The number of anilines is 1. The third-order valence-corrected chi connectivity index (χ3v) is 5.25. The van der Waals surface area contributed by atoms with E-state index in [0.29, 0.717) is 37.8 Å². The van der Waals surface area contributed by atoms with Crippen LogP contribution in [0.1, 0.15) is 19.3 Å². The second-order valence-corrected chi connectivity index (χ2v) is 7.03. The molecule has 0 saturated carbocycles. The number of methoxy groups -OCH3 is 1. The largest absolute Gasteiger partial charge is 0.453 e. The molecule has 0 bridgehead atoms. The average molecular weight is 377 g/mol. The van der Waals surface area contributed by atoms with Crippen molar-refractivity contribution < 1.29 is 23.5 Å². The van der Waals surface area contributed by atoms with Crippen LogP contribution in [0.25, 0.3) is 0 Å². The zero-order valence-electron chi connectivity index (χ0n) is 15.3. The minimum Gasteiger partial charge on any atom is -0.453 e. The van der Waals surface area contributed by atoms with Crippen LogP contribution in [0.3, 0.4) is 0 Å². The number of carbonyl (C=O) groups is 3. The van der Waals surface area contributed by atoms with Gasteiger partial charge < -0.3 is 19.9 Å². The lowest BCUT2D eigenvalue weighted by Crippen LogP contribution is -2.42. The molecule has 3 amide bonds. The van der Waals surface area contributed by atoms with E-state index < -0.39 is 5.92 Å². The summed E-state index contributed by atoms with van der Waals surface area (Å²) in [6.45, 7) is 2.08. The van der Waals surface area contributed by atoms with Crippen molar-refractivity contribution in [3.8, 4) is 0 Å². The molecular weight excluding hydrogens is 353 g/mol. The first-order valence-electron chi connectivity index (χ1n) is 9.14. The van der Waals surface area contributed by atoms with Crippen molar-refractivity contribution in [2.24, 2.45) is 11.8 Å². The predicted octanol–water partition coefficient (Wildman–Crippen LogP) is 1.77. The van der Waals surface area contributed by atoms with Gasteiger partial charge in [0, 0.05) is 38.3 Å². The van der Waals surface area contributed by atoms with Gasteiger partial charge in [0.1, 0.15) is 5.82 Å². The zero-order chi connectivity index (χ0) is 19.4. The second kappa shape index (κ2) is 8.37. The second-order valence-electron chi connectivity index (χ2n) is 7.03. The van der Waals surface area contributed by atoms with Crippen LogP contribution >= 0.6 is 0 Å². The minimum absolute atomic E-state index is 0.131. The molecule has 2 aliphatic rings. The van der Waals surface area contributed by atoms with Crippen molar-refractivity contribution in [3.05, 3.63) is 30.1 Å². The van der Waals surface area contributed by atoms with Gasteiger partial charge in [-0.3, -0.25) is 9.59 Å². The number of hydrogen-bond donors (Lipinski definition) is 1. The van der Waals surface area contributed by atoms with Gasteiger partial charge in [0.2, 0.25) is 11.8 Å². The van der Waals surface area contributed by atoms with Crippen LogP contribution in [0.2, 0.25) is 0 Å². The number of carbonyl (C=O) groups excluding carboxylic acids is 3. The molecule has 2 saturated heterocycles. The van der Waals surface area contributed by atoms with E-state index >= 15 is 0 Å². The Morgan fingerprint density at radius 2 is 1.89 bits per heavy atom. The fraction of sp³-hybridized carbons (Fsp3) is 0.526. The topological polar surface area (TPSA) is 79.0 Å². The monoisotopic (exact) mass is 377 g/mol. The Kier molecular flexibility index (Phi) is 5.93. The van der Waals surface area contributed by atoms with Crippen LogP contribution in [0, 0.1) is 17.7 Å². The highest BCUT2D eigenvalue weighted by molar-refractivity contribution is 6.00. The molecule has 2 heterocycles. The summed E-state index contributed by atoms with van der Waals surface area (Å²) < 4.78 is 17.8. The number of piperidine rings is 1. The van der Waals surface area contributed by atoms with Crippen molar-refractivity contribution in [2.75, 3.05) is 38.2 Å². The van der Waals surface area contributed by atoms with Crippen LogP contribution in [-0.4, -0.2) is 56.1 Å². The Bertz CT molecular complexity index is 701. The van der Waals surface area contributed by atoms with Crippen molar-refractivity contribution in [2.45, 2.75) is 19.3 Å². The maximum atomic E-state index is 13.0. The van der Waals surface area contributed by atoms with Crippen molar-refractivity contribution in [3.63, 3.8) is 0 Å². The van der Waals surface area contributed by atoms with Gasteiger partial charge in [0.05, 0.1) is 13.0 Å². The summed E-state index contributed by atoms with van der Waals surface area (Å²) in [5.74, 6) is -0.729. The van der Waals surface area contributed by atoms with E-state index in [4.69, 9.17) is 4.74 Å². The Labute approximate surface area is 157 Å². The third kappa shape index (κ3) is 4.56. The fourth-order valence-corrected chi connectivity index (χ4v) is 3.59. The normalized spacial score (nSPS) is 20.7. The SMILES string of the molecule is COC(=O)N1CCC(CNC(=O)C2CC(=O)N(c3ccc(F)cc3)C2)CC1. The molecule has 1 atom stereocenters. The van der Waals surface area contributed by atoms with E-state index in [1.54, 1.807) is 17.0 Å². The summed E-state index contributed by atoms with van der Waals surface area (Å²) >= 11 is 0. The summed E-state index contributed by atoms with van der Waals surface area (Å²) in [6, 6.07) is 5.69. The van der Waals surface area contributed by atoms with Gasteiger partial charge in [-0.05, 0) is 43.0 Å². The number of nitrogens with zero attached hydrogens (tertiary/aromatic N) is 2. The van der Waals surface area contributed by atoms with Crippen molar-refractivity contribution >= 4 is 23.6 Å². The van der Waals surface area contributed by atoms with Gasteiger partial charge in [0.15, 0.2) is 0 Å². The Balaban J connectivity index is 1.46. The minimum atomic E-state index is -0.405. The quantitative estimate of drug-likeness (QED) is 0.867. The highest BCUT2D eigenvalue weighted by Crippen LogP contribution is 2.25. The summed E-state index contributed by atoms with van der Waals surface area (Å²) in [7, 11) is 1.37. The number of ether oxygens (including phenoxy) is 1. The van der Waals surface area contributed by atoms with Crippen LogP contribution < -0.4 is 10.2 Å². The number of halogens is 1. The lowest BCUT2D eigenvalue weighted by Gasteiger charge is -2.31. The van der Waals surface area contributed by atoms with Crippen LogP contribution in [0.4, 0.5) is 14.9 Å². The van der Waals surface area contributed by atoms with E-state index in [1.165, 1.54) is 24.1 Å². The maximum Gasteiger partial charge on any atom is 0.409 e. The molecule has 27 heavy (non-hydrogen) atoms. The smallest absolute Gasteiger partial charge is 0.409 e. The molecule has 3 rings (SSSR count). The van der Waals surface area contributed by atoms with E-state index in [2.05, 4.69) is 5.32 Å². The first kappa shape index (κ1) is 19.1. The van der Waals surface area contributed by atoms with Gasteiger partial charge in [0.25, 0.3) is 0 Å². The summed E-state index contributed by atoms with van der Waals surface area (Å²) in [4.78, 5) is 39.3. The van der Waals surface area contributed by atoms with E-state index in [9.17, 15) is 18.8 Å². The Hall–Kier alpha value is -2.64. The molecule has 146 valence electrons. The number of hydrogen-bond acceptors (Lipinski definition) is 4. The first-order valence-corrected chi connectivity index (χ1v) is 9.14. The summed E-state index contributed by atoms with van der Waals surface area (Å²) in [6.07, 6.45) is 1.45. The van der Waals surface area contributed by atoms with E-state index in [0.717, 1.165) is 12.8 Å². The fourth-order valence-electron chi connectivity index (χ4n) is 3.59. The Morgan fingerprint density at radius 1 is 1.22 bits per heavy atom. The van der Waals surface area contributed by atoms with E-state index in [-0.39, 0.29) is 30.1 Å². The van der Waals surface area contributed by atoms with Gasteiger partial charge in [-0.2, -0.15) is 0 Å². The summed E-state index contributed by atoms with van der Waals surface area (Å²) in [5, 5.41) is 2.94. The highest BCUT2D eigenvalue weighted by atomic mass is 19.1. The molecule has 2 fully saturated rings. The first-order chi connectivity index (χ1) is 13.0. The molecule has 1 aromatic carbocycles. The number of likely N-dealkylation sites (tertiary alicyclic amines) is 1. The van der Waals surface area contributed by atoms with Crippen LogP contribution in [0.5, 0.6) is 0 Å². The lowest BCUT2D eigenvalue weighted by atomic mass is 9.96. The van der Waals surface area contributed by atoms with Gasteiger partial charge in [-0.15, -0.1) is 0 Å². The highest BCUT2D eigenvalue weighted by Gasteiger charge is 2.35. The molecule has 0 aliphatic carbocycles. The third-order valence-electron chi connectivity index (χ3n) is 5.25. The standard InChI is InChI=1S/C19H24FN3O4/c1-27-19(26)22-8-6-13(7-9-22)11-21-18(25)14-10-17(24)23(12-14)16-4-2-15(20)3-5-16/h2-5,13-14H,6-12H2,1H3,(H,21,25). The molecule has 7 nitrogen and oxygen atoms in total. The van der Waals surface area contributed by atoms with Crippen molar-refractivity contribution in [1.82, 2.24) is 10.2 Å². The molecule has 0 radical (unpaired) electrons. The number of amides is 3. The molecule has 8 heteroatoms. The van der Waals surface area contributed by atoms with Crippen LogP contribution in [-0.2, 0) is 14.3 Å². The molecule has 2 aliphatic heterocycles.